The number of aromatic nitrogens is 1. The number of rotatable bonds is 3. The minimum absolute atomic E-state index is 0.138. The molecule has 1 aromatic carbocycles. The van der Waals surface area contributed by atoms with Crippen LogP contribution in [0.4, 0.5) is 4.39 Å². The summed E-state index contributed by atoms with van der Waals surface area (Å²) in [4.78, 5) is 27.5. The lowest BCUT2D eigenvalue weighted by Gasteiger charge is -2.31. The number of aliphatic carboxylic acids is 1. The molecule has 1 aromatic heterocycles. The van der Waals surface area contributed by atoms with E-state index in [9.17, 15) is 14.0 Å². The molecule has 0 fully saturated rings. The first-order valence-corrected chi connectivity index (χ1v) is 6.93. The number of aromatic amines is 1. The van der Waals surface area contributed by atoms with Crippen LogP contribution in [0.25, 0.3) is 10.9 Å². The molecule has 0 bridgehead atoms. The largest absolute Gasteiger partial charge is 0.480 e. The van der Waals surface area contributed by atoms with Crippen LogP contribution in [0.15, 0.2) is 22.7 Å². The summed E-state index contributed by atoms with van der Waals surface area (Å²) in [6.07, 6.45) is 0. The van der Waals surface area contributed by atoms with Crippen LogP contribution >= 0.6 is 15.9 Å². The quantitative estimate of drug-likeness (QED) is 0.887. The maximum absolute atomic E-state index is 13.8. The lowest BCUT2D eigenvalue weighted by atomic mass is 10.0. The molecule has 0 unspecified atom stereocenters. The van der Waals surface area contributed by atoms with E-state index in [0.717, 1.165) is 4.90 Å². The van der Waals surface area contributed by atoms with Crippen molar-refractivity contribution in [1.29, 1.82) is 0 Å². The maximum atomic E-state index is 13.8. The fourth-order valence-electron chi connectivity index (χ4n) is 1.85. The minimum Gasteiger partial charge on any atom is -0.480 e. The molecule has 0 atom stereocenters. The molecule has 0 aliphatic heterocycles. The van der Waals surface area contributed by atoms with Crippen molar-refractivity contribution in [3.8, 4) is 0 Å². The summed E-state index contributed by atoms with van der Waals surface area (Å²) in [5.41, 5.74) is -0.765. The first-order chi connectivity index (χ1) is 9.64. The Hall–Kier alpha value is -1.89. The molecule has 2 rings (SSSR count). The number of carboxylic acid groups (broad SMARTS) is 1. The number of H-pyrrole nitrogens is 1. The fraction of sp³-hybridized carbons (Fsp3) is 0.286. The van der Waals surface area contributed by atoms with Crippen LogP contribution in [0, 0.1) is 5.82 Å². The van der Waals surface area contributed by atoms with Crippen molar-refractivity contribution in [2.24, 2.45) is 0 Å². The Morgan fingerprint density at radius 1 is 1.33 bits per heavy atom. The molecular weight excluding hydrogens is 343 g/mol. The lowest BCUT2D eigenvalue weighted by Crippen LogP contribution is -2.50. The van der Waals surface area contributed by atoms with E-state index in [4.69, 9.17) is 5.11 Å². The highest BCUT2D eigenvalue weighted by molar-refractivity contribution is 9.10. The third-order valence-corrected chi connectivity index (χ3v) is 4.01. The van der Waals surface area contributed by atoms with Crippen LogP contribution in [0.5, 0.6) is 0 Å². The molecule has 112 valence electrons. The zero-order valence-electron chi connectivity index (χ0n) is 11.7. The zero-order valence-corrected chi connectivity index (χ0v) is 13.3. The molecule has 1 heterocycles. The number of halogens is 2. The van der Waals surface area contributed by atoms with Crippen LogP contribution in [-0.4, -0.2) is 39.5 Å². The molecule has 0 aliphatic carbocycles. The van der Waals surface area contributed by atoms with Crippen molar-refractivity contribution in [2.75, 3.05) is 7.05 Å². The fourth-order valence-corrected chi connectivity index (χ4v) is 2.28. The zero-order chi connectivity index (χ0) is 15.9. The van der Waals surface area contributed by atoms with Gasteiger partial charge in [0.1, 0.15) is 17.1 Å². The SMILES string of the molecule is CN(C(=O)c1cc2c(F)cc(Br)cc2[nH]1)C(C)(C)C(=O)O. The average Bonchev–Trinajstić information content (AvgIpc) is 2.80. The molecule has 1 amide bonds. The van der Waals surface area contributed by atoms with Crippen molar-refractivity contribution in [3.63, 3.8) is 0 Å². The molecule has 21 heavy (non-hydrogen) atoms. The number of likely N-dealkylation sites (N-methyl/N-ethyl adjacent to an activating group) is 1. The second-order valence-corrected chi connectivity index (χ2v) is 6.18. The van der Waals surface area contributed by atoms with Gasteiger partial charge in [-0.25, -0.2) is 9.18 Å². The highest BCUT2D eigenvalue weighted by atomic mass is 79.9. The highest BCUT2D eigenvalue weighted by Gasteiger charge is 2.36. The van der Waals surface area contributed by atoms with E-state index in [1.165, 1.54) is 33.0 Å². The number of carboxylic acids is 1. The molecule has 0 saturated carbocycles. The Balaban J connectivity index is 2.45. The van der Waals surface area contributed by atoms with Gasteiger partial charge < -0.3 is 15.0 Å². The topological polar surface area (TPSA) is 73.4 Å². The van der Waals surface area contributed by atoms with Gasteiger partial charge in [-0.1, -0.05) is 15.9 Å². The summed E-state index contributed by atoms with van der Waals surface area (Å²) >= 11 is 3.18. The van der Waals surface area contributed by atoms with E-state index in [1.54, 1.807) is 6.07 Å². The molecule has 0 saturated heterocycles. The Morgan fingerprint density at radius 2 is 1.95 bits per heavy atom. The van der Waals surface area contributed by atoms with Gasteiger partial charge in [0.2, 0.25) is 0 Å². The molecular formula is C14H14BrFN2O3. The Morgan fingerprint density at radius 3 is 2.52 bits per heavy atom. The van der Waals surface area contributed by atoms with Gasteiger partial charge in [0.15, 0.2) is 0 Å². The van der Waals surface area contributed by atoms with Crippen LogP contribution < -0.4 is 0 Å². The normalized spacial score (nSPS) is 11.7. The van der Waals surface area contributed by atoms with E-state index >= 15 is 0 Å². The number of amides is 1. The van der Waals surface area contributed by atoms with Crippen molar-refractivity contribution < 1.29 is 19.1 Å². The molecule has 0 aliphatic rings. The highest BCUT2D eigenvalue weighted by Crippen LogP contribution is 2.25. The number of carbonyl (C=O) groups is 2. The number of nitrogens with zero attached hydrogens (tertiary/aromatic N) is 1. The number of benzene rings is 1. The Bertz CT molecular complexity index is 739. The van der Waals surface area contributed by atoms with E-state index in [0.29, 0.717) is 9.99 Å². The number of nitrogens with one attached hydrogen (secondary N) is 1. The predicted octanol–water partition coefficient (Wildman–Crippen LogP) is 3.00. The summed E-state index contributed by atoms with van der Waals surface area (Å²) < 4.78 is 14.4. The van der Waals surface area contributed by atoms with Gasteiger partial charge in [0.25, 0.3) is 5.91 Å². The monoisotopic (exact) mass is 356 g/mol. The molecule has 2 N–H and O–H groups in total. The van der Waals surface area contributed by atoms with Crippen molar-refractivity contribution >= 4 is 38.7 Å². The van der Waals surface area contributed by atoms with Gasteiger partial charge in [-0.15, -0.1) is 0 Å². The Labute approximate surface area is 128 Å². The van der Waals surface area contributed by atoms with Gasteiger partial charge in [0, 0.05) is 16.9 Å². The van der Waals surface area contributed by atoms with Crippen molar-refractivity contribution in [2.45, 2.75) is 19.4 Å². The van der Waals surface area contributed by atoms with Crippen molar-refractivity contribution in [1.82, 2.24) is 9.88 Å². The van der Waals surface area contributed by atoms with E-state index in [2.05, 4.69) is 20.9 Å². The predicted molar refractivity (Wildman–Crippen MR) is 79.8 cm³/mol. The molecule has 0 radical (unpaired) electrons. The first kappa shape index (κ1) is 15.5. The first-order valence-electron chi connectivity index (χ1n) is 6.14. The second kappa shape index (κ2) is 5.14. The summed E-state index contributed by atoms with van der Waals surface area (Å²) in [7, 11) is 1.40. The summed E-state index contributed by atoms with van der Waals surface area (Å²) in [5.74, 6) is -2.10. The van der Waals surface area contributed by atoms with E-state index < -0.39 is 23.2 Å². The minimum atomic E-state index is -1.37. The summed E-state index contributed by atoms with van der Waals surface area (Å²) in [6, 6.07) is 4.33. The smallest absolute Gasteiger partial charge is 0.329 e. The van der Waals surface area contributed by atoms with Crippen LogP contribution in [0.1, 0.15) is 24.3 Å². The standard InChI is InChI=1S/C14H14BrFN2O3/c1-14(2,13(20)21)18(3)12(19)11-6-8-9(16)4-7(15)5-10(8)17-11/h4-6,17H,1-3H3,(H,20,21). The van der Waals surface area contributed by atoms with Gasteiger partial charge in [-0.3, -0.25) is 4.79 Å². The second-order valence-electron chi connectivity index (χ2n) is 5.26. The summed E-state index contributed by atoms with van der Waals surface area (Å²) in [5, 5.41) is 9.44. The average molecular weight is 357 g/mol. The molecule has 2 aromatic rings. The van der Waals surface area contributed by atoms with Crippen molar-refractivity contribution in [3.05, 3.63) is 34.2 Å². The van der Waals surface area contributed by atoms with Crippen LogP contribution in [0.2, 0.25) is 0 Å². The molecule has 0 spiro atoms. The Kier molecular flexibility index (Phi) is 3.79. The third-order valence-electron chi connectivity index (χ3n) is 3.55. The summed E-state index contributed by atoms with van der Waals surface area (Å²) in [6.45, 7) is 2.85. The number of carbonyl (C=O) groups excluding carboxylic acids is 1. The van der Waals surface area contributed by atoms with Crippen LogP contribution in [0.3, 0.4) is 0 Å². The number of hydrogen-bond donors (Lipinski definition) is 2. The van der Waals surface area contributed by atoms with Gasteiger partial charge in [-0.2, -0.15) is 0 Å². The lowest BCUT2D eigenvalue weighted by molar-refractivity contribution is -0.147. The van der Waals surface area contributed by atoms with E-state index in [-0.39, 0.29) is 11.1 Å². The van der Waals surface area contributed by atoms with Gasteiger partial charge in [0.05, 0.1) is 5.52 Å². The maximum Gasteiger partial charge on any atom is 0.329 e. The molecule has 7 heteroatoms. The number of hydrogen-bond acceptors (Lipinski definition) is 2. The van der Waals surface area contributed by atoms with Crippen LogP contribution in [-0.2, 0) is 4.79 Å². The third kappa shape index (κ3) is 2.65. The van der Waals surface area contributed by atoms with Gasteiger partial charge >= 0.3 is 5.97 Å². The van der Waals surface area contributed by atoms with E-state index in [1.807, 2.05) is 0 Å². The molecule has 5 nitrogen and oxygen atoms in total. The van der Waals surface area contributed by atoms with Gasteiger partial charge in [-0.05, 0) is 32.0 Å². The number of fused-ring (bicyclic) bond motifs is 1.